The van der Waals surface area contributed by atoms with E-state index in [-0.39, 0.29) is 24.6 Å². The average molecular weight is 371 g/mol. The zero-order valence-corrected chi connectivity index (χ0v) is 14.4. The van der Waals surface area contributed by atoms with Gasteiger partial charge in [-0.15, -0.1) is 0 Å². The highest BCUT2D eigenvalue weighted by atomic mass is 19.1. The molecule has 7 nitrogen and oxygen atoms in total. The molecular formula is C19H18FN3O4. The summed E-state index contributed by atoms with van der Waals surface area (Å²) in [6, 6.07) is 12.2. The highest BCUT2D eigenvalue weighted by molar-refractivity contribution is 5.96. The van der Waals surface area contributed by atoms with Crippen molar-refractivity contribution in [1.29, 1.82) is 0 Å². The Balaban J connectivity index is 1.46. The van der Waals surface area contributed by atoms with Crippen molar-refractivity contribution in [2.24, 2.45) is 0 Å². The number of cyclic esters (lactones) is 1. The highest BCUT2D eigenvalue weighted by Crippen LogP contribution is 2.19. The van der Waals surface area contributed by atoms with Crippen molar-refractivity contribution < 1.29 is 23.5 Å². The summed E-state index contributed by atoms with van der Waals surface area (Å²) in [5.74, 6) is -1.45. The normalized spacial score (nSPS) is 13.2. The molecule has 1 fully saturated rings. The fraction of sp³-hybridized carbons (Fsp3) is 0.211. The first kappa shape index (κ1) is 18.4. The van der Waals surface area contributed by atoms with Crippen LogP contribution in [0.15, 0.2) is 48.5 Å². The number of hydrogen-bond acceptors (Lipinski definition) is 4. The fourth-order valence-electron chi connectivity index (χ4n) is 2.62. The van der Waals surface area contributed by atoms with E-state index in [1.54, 1.807) is 30.3 Å². The number of nitrogens with zero attached hydrogens (tertiary/aromatic N) is 1. The van der Waals surface area contributed by atoms with Gasteiger partial charge in [-0.25, -0.2) is 9.18 Å². The van der Waals surface area contributed by atoms with Crippen molar-refractivity contribution in [3.8, 4) is 0 Å². The summed E-state index contributed by atoms with van der Waals surface area (Å²) in [6.45, 7) is 1.18. The largest absolute Gasteiger partial charge is 0.447 e. The predicted molar refractivity (Wildman–Crippen MR) is 96.2 cm³/mol. The molecule has 1 aliphatic rings. The van der Waals surface area contributed by atoms with Crippen LogP contribution in [0.25, 0.3) is 0 Å². The van der Waals surface area contributed by atoms with E-state index in [1.165, 1.54) is 23.1 Å². The van der Waals surface area contributed by atoms with E-state index in [0.717, 1.165) is 0 Å². The number of amides is 3. The summed E-state index contributed by atoms with van der Waals surface area (Å²) in [6.07, 6.45) is -0.405. The molecule has 1 saturated heterocycles. The predicted octanol–water partition coefficient (Wildman–Crippen LogP) is 1.94. The lowest BCUT2D eigenvalue weighted by molar-refractivity contribution is 0.0925. The Bertz CT molecular complexity index is 854. The van der Waals surface area contributed by atoms with Gasteiger partial charge in [0.1, 0.15) is 12.4 Å². The second kappa shape index (κ2) is 8.31. The summed E-state index contributed by atoms with van der Waals surface area (Å²) in [5.41, 5.74) is 1.04. The third kappa shape index (κ3) is 4.41. The van der Waals surface area contributed by atoms with Crippen molar-refractivity contribution in [3.63, 3.8) is 0 Å². The number of anilines is 1. The van der Waals surface area contributed by atoms with E-state index >= 15 is 0 Å². The van der Waals surface area contributed by atoms with Gasteiger partial charge in [-0.2, -0.15) is 0 Å². The number of rotatable bonds is 6. The lowest BCUT2D eigenvalue weighted by atomic mass is 10.2. The van der Waals surface area contributed by atoms with Crippen LogP contribution >= 0.6 is 0 Å². The zero-order chi connectivity index (χ0) is 19.2. The van der Waals surface area contributed by atoms with Gasteiger partial charge in [0, 0.05) is 24.3 Å². The summed E-state index contributed by atoms with van der Waals surface area (Å²) in [5, 5.41) is 5.21. The Morgan fingerprint density at radius 2 is 1.67 bits per heavy atom. The van der Waals surface area contributed by atoms with Gasteiger partial charge in [0.2, 0.25) is 0 Å². The maximum atomic E-state index is 13.5. The van der Waals surface area contributed by atoms with Crippen LogP contribution in [0.3, 0.4) is 0 Å². The quantitative estimate of drug-likeness (QED) is 0.760. The van der Waals surface area contributed by atoms with E-state index in [0.29, 0.717) is 24.4 Å². The van der Waals surface area contributed by atoms with Crippen LogP contribution in [0.2, 0.25) is 0 Å². The molecular weight excluding hydrogens is 353 g/mol. The third-order valence-electron chi connectivity index (χ3n) is 4.02. The third-order valence-corrected chi connectivity index (χ3v) is 4.02. The number of nitrogens with one attached hydrogen (secondary N) is 2. The molecule has 0 bridgehead atoms. The van der Waals surface area contributed by atoms with E-state index in [2.05, 4.69) is 10.6 Å². The smallest absolute Gasteiger partial charge is 0.414 e. The van der Waals surface area contributed by atoms with Crippen molar-refractivity contribution in [2.45, 2.75) is 0 Å². The number of carbonyl (C=O) groups excluding carboxylic acids is 3. The van der Waals surface area contributed by atoms with Crippen molar-refractivity contribution in [1.82, 2.24) is 10.6 Å². The number of carbonyl (C=O) groups is 3. The number of benzene rings is 2. The van der Waals surface area contributed by atoms with E-state index in [1.807, 2.05) is 0 Å². The van der Waals surface area contributed by atoms with Gasteiger partial charge in [0.25, 0.3) is 11.8 Å². The second-order valence-electron chi connectivity index (χ2n) is 5.80. The molecule has 0 atom stereocenters. The Labute approximate surface area is 155 Å². The molecule has 8 heteroatoms. The molecule has 2 N–H and O–H groups in total. The highest BCUT2D eigenvalue weighted by Gasteiger charge is 2.23. The maximum absolute atomic E-state index is 13.5. The average Bonchev–Trinajstić information content (AvgIpc) is 3.11. The number of ether oxygens (including phenoxy) is 1. The lowest BCUT2D eigenvalue weighted by Crippen LogP contribution is -2.35. The molecule has 0 radical (unpaired) electrons. The van der Waals surface area contributed by atoms with Gasteiger partial charge >= 0.3 is 6.09 Å². The Hall–Kier alpha value is -3.42. The second-order valence-corrected chi connectivity index (χ2v) is 5.80. The van der Waals surface area contributed by atoms with Crippen molar-refractivity contribution >= 4 is 23.6 Å². The Kier molecular flexibility index (Phi) is 5.65. The van der Waals surface area contributed by atoms with E-state index in [4.69, 9.17) is 4.74 Å². The first-order valence-corrected chi connectivity index (χ1v) is 8.41. The minimum absolute atomic E-state index is 0.0418. The van der Waals surface area contributed by atoms with Crippen molar-refractivity contribution in [2.75, 3.05) is 31.1 Å². The van der Waals surface area contributed by atoms with Crippen LogP contribution in [0.1, 0.15) is 20.7 Å². The molecule has 1 aliphatic heterocycles. The molecule has 2 aromatic rings. The van der Waals surface area contributed by atoms with Crippen LogP contribution in [-0.4, -0.2) is 44.1 Å². The fourth-order valence-corrected chi connectivity index (χ4v) is 2.62. The first-order valence-electron chi connectivity index (χ1n) is 8.41. The molecule has 0 aromatic heterocycles. The van der Waals surface area contributed by atoms with Crippen LogP contribution in [0.4, 0.5) is 14.9 Å². The molecule has 0 saturated carbocycles. The van der Waals surface area contributed by atoms with Crippen molar-refractivity contribution in [3.05, 3.63) is 65.5 Å². The molecule has 3 amide bonds. The van der Waals surface area contributed by atoms with Gasteiger partial charge in [0.15, 0.2) is 0 Å². The summed E-state index contributed by atoms with van der Waals surface area (Å²) in [4.78, 5) is 37.0. The molecule has 0 unspecified atom stereocenters. The minimum atomic E-state index is -0.596. The van der Waals surface area contributed by atoms with Crippen LogP contribution in [0.5, 0.6) is 0 Å². The topological polar surface area (TPSA) is 87.7 Å². The van der Waals surface area contributed by atoms with Gasteiger partial charge in [-0.1, -0.05) is 12.1 Å². The summed E-state index contributed by atoms with van der Waals surface area (Å²) < 4.78 is 18.4. The molecule has 3 rings (SSSR count). The Morgan fingerprint density at radius 1 is 1.00 bits per heavy atom. The zero-order valence-electron chi connectivity index (χ0n) is 14.4. The van der Waals surface area contributed by atoms with Gasteiger partial charge < -0.3 is 15.4 Å². The summed E-state index contributed by atoms with van der Waals surface area (Å²) in [7, 11) is 0. The minimum Gasteiger partial charge on any atom is -0.447 e. The van der Waals surface area contributed by atoms with Crippen LogP contribution < -0.4 is 15.5 Å². The monoisotopic (exact) mass is 371 g/mol. The SMILES string of the molecule is O=C(NCCNC(=O)c1ccccc1F)c1ccc(N2CCOC2=O)cc1. The van der Waals surface area contributed by atoms with E-state index in [9.17, 15) is 18.8 Å². The van der Waals surface area contributed by atoms with Crippen LogP contribution in [0, 0.1) is 5.82 Å². The molecule has 1 heterocycles. The summed E-state index contributed by atoms with van der Waals surface area (Å²) >= 11 is 0. The molecule has 0 spiro atoms. The van der Waals surface area contributed by atoms with Gasteiger partial charge in [0.05, 0.1) is 12.1 Å². The standard InChI is InChI=1S/C19H18FN3O4/c20-16-4-2-1-3-15(16)18(25)22-10-9-21-17(24)13-5-7-14(8-6-13)23-11-12-27-19(23)26/h1-8H,9-12H2,(H,21,24)(H,22,25). The molecule has 0 aliphatic carbocycles. The molecule has 2 aromatic carbocycles. The first-order chi connectivity index (χ1) is 13.1. The van der Waals surface area contributed by atoms with E-state index < -0.39 is 17.8 Å². The van der Waals surface area contributed by atoms with Crippen LogP contribution in [-0.2, 0) is 4.74 Å². The Morgan fingerprint density at radius 3 is 2.30 bits per heavy atom. The van der Waals surface area contributed by atoms with Gasteiger partial charge in [-0.3, -0.25) is 14.5 Å². The molecule has 140 valence electrons. The van der Waals surface area contributed by atoms with Gasteiger partial charge in [-0.05, 0) is 36.4 Å². The maximum Gasteiger partial charge on any atom is 0.414 e. The number of hydrogen-bond donors (Lipinski definition) is 2. The molecule has 27 heavy (non-hydrogen) atoms. The lowest BCUT2D eigenvalue weighted by Gasteiger charge is -2.13. The number of halogens is 1.